The summed E-state index contributed by atoms with van der Waals surface area (Å²) in [4.78, 5) is 29.3. The summed E-state index contributed by atoms with van der Waals surface area (Å²) in [6, 6.07) is 4.33. The summed E-state index contributed by atoms with van der Waals surface area (Å²) in [5.41, 5.74) is 3.44. The predicted octanol–water partition coefficient (Wildman–Crippen LogP) is 1.40. The first-order valence-corrected chi connectivity index (χ1v) is 11.3. The fourth-order valence-corrected chi connectivity index (χ4v) is 5.48. The van der Waals surface area contributed by atoms with Crippen LogP contribution in [0.25, 0.3) is 0 Å². The minimum Gasteiger partial charge on any atom is -0.312 e. The highest BCUT2D eigenvalue weighted by Crippen LogP contribution is 2.35. The van der Waals surface area contributed by atoms with Crippen LogP contribution in [-0.2, 0) is 19.6 Å². The molecule has 30 heavy (non-hydrogen) atoms. The van der Waals surface area contributed by atoms with Crippen LogP contribution in [0, 0.1) is 5.92 Å². The van der Waals surface area contributed by atoms with Gasteiger partial charge in [-0.3, -0.25) is 24.6 Å². The summed E-state index contributed by atoms with van der Waals surface area (Å²) < 4.78 is 2.10. The number of likely N-dealkylation sites (tertiary alicyclic amines) is 1. The largest absolute Gasteiger partial charge is 0.312 e. The molecule has 2 bridgehead atoms. The first kappa shape index (κ1) is 19.8. The molecule has 7 nitrogen and oxygen atoms in total. The molecule has 0 unspecified atom stereocenters. The molecule has 0 aliphatic carbocycles. The van der Waals surface area contributed by atoms with Crippen molar-refractivity contribution in [2.75, 3.05) is 46.3 Å². The molecule has 5 heterocycles. The molecule has 2 aromatic rings. The molecule has 2 fully saturated rings. The lowest BCUT2D eigenvalue weighted by Gasteiger charge is -2.42. The lowest BCUT2D eigenvalue weighted by molar-refractivity contribution is 0.113. The lowest BCUT2D eigenvalue weighted by atomic mass is 9.83. The highest BCUT2D eigenvalue weighted by atomic mass is 16.1. The number of aromatic nitrogens is 3. The van der Waals surface area contributed by atoms with Gasteiger partial charge in [-0.2, -0.15) is 0 Å². The Balaban J connectivity index is 1.31. The van der Waals surface area contributed by atoms with E-state index in [1.54, 1.807) is 12.4 Å². The maximum Gasteiger partial charge on any atom is 0.255 e. The molecule has 0 radical (unpaired) electrons. The van der Waals surface area contributed by atoms with E-state index in [4.69, 9.17) is 0 Å². The monoisotopic (exact) mass is 408 g/mol. The maximum atomic E-state index is 13.3. The second-order valence-electron chi connectivity index (χ2n) is 9.32. The van der Waals surface area contributed by atoms with Crippen LogP contribution in [0.1, 0.15) is 35.7 Å². The molecule has 2 atom stereocenters. The van der Waals surface area contributed by atoms with E-state index in [1.165, 1.54) is 18.5 Å². The fourth-order valence-electron chi connectivity index (χ4n) is 5.48. The second-order valence-corrected chi connectivity index (χ2v) is 9.32. The first-order valence-electron chi connectivity index (χ1n) is 11.3. The second kappa shape index (κ2) is 8.57. The molecule has 0 amide bonds. The minimum absolute atomic E-state index is 0.238. The third kappa shape index (κ3) is 4.19. The van der Waals surface area contributed by atoms with Crippen LogP contribution >= 0.6 is 0 Å². The van der Waals surface area contributed by atoms with Gasteiger partial charge in [-0.15, -0.1) is 0 Å². The summed E-state index contributed by atoms with van der Waals surface area (Å²) in [6.45, 7) is 8.83. The van der Waals surface area contributed by atoms with Crippen molar-refractivity contribution in [3.63, 3.8) is 0 Å². The number of pyridine rings is 1. The topological polar surface area (TPSA) is 57.5 Å². The van der Waals surface area contributed by atoms with Crippen LogP contribution < -0.4 is 5.56 Å². The Morgan fingerprint density at radius 3 is 2.80 bits per heavy atom. The Morgan fingerprint density at radius 2 is 1.93 bits per heavy atom. The standard InChI is InChI=1S/C23H32N6O/c1-26-7-2-8-27(10-9-26)15-19-3-4-22-20-11-18(14-29(22)23(19)30)13-28(16-20)17-21-12-24-5-6-25-21/h3-6,12,18,20H,2,7-11,13-17H2,1H3/t18-,20+/m0/s1. The predicted molar refractivity (Wildman–Crippen MR) is 116 cm³/mol. The molecule has 0 saturated carbocycles. The fraction of sp³-hybridized carbons (Fsp3) is 0.609. The zero-order valence-corrected chi connectivity index (χ0v) is 17.9. The van der Waals surface area contributed by atoms with E-state index in [9.17, 15) is 4.79 Å². The van der Waals surface area contributed by atoms with E-state index >= 15 is 0 Å². The average Bonchev–Trinajstić information content (AvgIpc) is 2.95. The van der Waals surface area contributed by atoms with Gasteiger partial charge in [0, 0.05) is 81.6 Å². The summed E-state index contributed by atoms with van der Waals surface area (Å²) >= 11 is 0. The van der Waals surface area contributed by atoms with Gasteiger partial charge in [-0.25, -0.2) is 0 Å². The van der Waals surface area contributed by atoms with Crippen LogP contribution in [0.5, 0.6) is 0 Å². The van der Waals surface area contributed by atoms with Gasteiger partial charge in [0.25, 0.3) is 5.56 Å². The van der Waals surface area contributed by atoms with Crippen LogP contribution in [0.3, 0.4) is 0 Å². The Morgan fingerprint density at radius 1 is 1.00 bits per heavy atom. The number of likely N-dealkylation sites (N-methyl/N-ethyl adjacent to an activating group) is 1. The van der Waals surface area contributed by atoms with Gasteiger partial charge in [-0.05, 0) is 45.0 Å². The summed E-state index contributed by atoms with van der Waals surface area (Å²) in [5, 5.41) is 0. The summed E-state index contributed by atoms with van der Waals surface area (Å²) in [5.74, 6) is 0.968. The summed E-state index contributed by atoms with van der Waals surface area (Å²) in [7, 11) is 2.18. The maximum absolute atomic E-state index is 13.3. The van der Waals surface area contributed by atoms with E-state index in [0.717, 1.165) is 70.2 Å². The van der Waals surface area contributed by atoms with Crippen molar-refractivity contribution in [3.05, 3.63) is 58.0 Å². The van der Waals surface area contributed by atoms with Gasteiger partial charge in [0.15, 0.2) is 0 Å². The van der Waals surface area contributed by atoms with Gasteiger partial charge in [0.2, 0.25) is 0 Å². The van der Waals surface area contributed by atoms with Crippen molar-refractivity contribution >= 4 is 0 Å². The first-order chi connectivity index (χ1) is 14.7. The van der Waals surface area contributed by atoms with Crippen molar-refractivity contribution in [2.24, 2.45) is 5.92 Å². The minimum atomic E-state index is 0.238. The molecule has 5 rings (SSSR count). The van der Waals surface area contributed by atoms with Crippen molar-refractivity contribution < 1.29 is 0 Å². The normalized spacial score (nSPS) is 25.6. The Hall–Kier alpha value is -2.09. The molecule has 0 aromatic carbocycles. The number of piperidine rings is 1. The lowest BCUT2D eigenvalue weighted by Crippen LogP contribution is -2.47. The number of hydrogen-bond acceptors (Lipinski definition) is 6. The van der Waals surface area contributed by atoms with E-state index in [1.807, 2.05) is 6.20 Å². The van der Waals surface area contributed by atoms with Crippen LogP contribution in [0.15, 0.2) is 35.5 Å². The van der Waals surface area contributed by atoms with Gasteiger partial charge >= 0.3 is 0 Å². The van der Waals surface area contributed by atoms with Crippen molar-refractivity contribution in [1.82, 2.24) is 29.2 Å². The smallest absolute Gasteiger partial charge is 0.255 e. The zero-order valence-electron chi connectivity index (χ0n) is 17.9. The summed E-state index contributed by atoms with van der Waals surface area (Å²) in [6.07, 6.45) is 7.70. The molecular formula is C23H32N6O. The molecule has 160 valence electrons. The molecule has 3 aliphatic rings. The molecule has 2 aromatic heterocycles. The van der Waals surface area contributed by atoms with Crippen LogP contribution in [0.4, 0.5) is 0 Å². The average molecular weight is 409 g/mol. The highest BCUT2D eigenvalue weighted by molar-refractivity contribution is 5.22. The van der Waals surface area contributed by atoms with Gasteiger partial charge in [-0.1, -0.05) is 6.07 Å². The number of nitrogens with zero attached hydrogens (tertiary/aromatic N) is 6. The van der Waals surface area contributed by atoms with Gasteiger partial charge in [0.1, 0.15) is 0 Å². The third-order valence-electron chi connectivity index (χ3n) is 6.97. The van der Waals surface area contributed by atoms with Gasteiger partial charge < -0.3 is 9.47 Å². The van der Waals surface area contributed by atoms with Crippen LogP contribution in [-0.4, -0.2) is 75.6 Å². The Kier molecular flexibility index (Phi) is 5.67. The van der Waals surface area contributed by atoms with Crippen molar-refractivity contribution in [3.8, 4) is 0 Å². The van der Waals surface area contributed by atoms with E-state index in [2.05, 4.69) is 48.4 Å². The van der Waals surface area contributed by atoms with E-state index in [0.29, 0.717) is 11.8 Å². The molecule has 2 saturated heterocycles. The Bertz CT molecular complexity index is 929. The third-order valence-corrected chi connectivity index (χ3v) is 6.97. The van der Waals surface area contributed by atoms with E-state index in [-0.39, 0.29) is 5.56 Å². The van der Waals surface area contributed by atoms with Crippen LogP contribution in [0.2, 0.25) is 0 Å². The number of hydrogen-bond donors (Lipinski definition) is 0. The van der Waals surface area contributed by atoms with Crippen molar-refractivity contribution in [2.45, 2.75) is 38.4 Å². The Labute approximate surface area is 178 Å². The SMILES string of the molecule is CN1CCCN(Cc2ccc3n(c2=O)C[C@H]2C[C@@H]3CN(Cc3cnccn3)C2)CC1. The van der Waals surface area contributed by atoms with Gasteiger partial charge in [0.05, 0.1) is 5.69 Å². The van der Waals surface area contributed by atoms with Crippen molar-refractivity contribution in [1.29, 1.82) is 0 Å². The zero-order chi connectivity index (χ0) is 20.5. The highest BCUT2D eigenvalue weighted by Gasteiger charge is 2.35. The molecule has 0 spiro atoms. The molecule has 7 heteroatoms. The molecule has 3 aliphatic heterocycles. The number of rotatable bonds is 4. The van der Waals surface area contributed by atoms with E-state index < -0.39 is 0 Å². The quantitative estimate of drug-likeness (QED) is 0.762. The molecular weight excluding hydrogens is 376 g/mol. The number of fused-ring (bicyclic) bond motifs is 4. The molecule has 0 N–H and O–H groups in total.